The Bertz CT molecular complexity index is 449. The largest absolute Gasteiger partial charge is 0.325 e. The van der Waals surface area contributed by atoms with Gasteiger partial charge in [-0.15, -0.1) is 0 Å². The van der Waals surface area contributed by atoms with Crippen LogP contribution in [-0.2, 0) is 6.42 Å². The summed E-state index contributed by atoms with van der Waals surface area (Å²) >= 11 is 3.42. The summed E-state index contributed by atoms with van der Waals surface area (Å²) in [5, 5.41) is 0. The van der Waals surface area contributed by atoms with Crippen LogP contribution in [0.15, 0.2) is 22.7 Å². The Labute approximate surface area is 130 Å². The third kappa shape index (κ3) is 4.29. The fourth-order valence-corrected chi connectivity index (χ4v) is 3.84. The van der Waals surface area contributed by atoms with E-state index in [1.165, 1.54) is 38.2 Å². The molecule has 2 atom stereocenters. The fraction of sp³-hybridized carbons (Fsp3) is 0.647. The molecule has 0 amide bonds. The van der Waals surface area contributed by atoms with E-state index in [4.69, 9.17) is 5.73 Å². The first kappa shape index (κ1) is 16.0. The summed E-state index contributed by atoms with van der Waals surface area (Å²) in [5.41, 5.74) is 7.10. The van der Waals surface area contributed by atoms with Crippen molar-refractivity contribution in [1.29, 1.82) is 0 Å². The number of benzene rings is 1. The van der Waals surface area contributed by atoms with Crippen molar-refractivity contribution in [2.45, 2.75) is 63.8 Å². The van der Waals surface area contributed by atoms with Crippen LogP contribution in [0.3, 0.4) is 0 Å². The van der Waals surface area contributed by atoms with Crippen LogP contribution in [-0.4, -0.2) is 5.54 Å². The van der Waals surface area contributed by atoms with E-state index in [1.807, 2.05) is 6.07 Å². The molecule has 3 heteroatoms. The zero-order valence-corrected chi connectivity index (χ0v) is 13.9. The maximum Gasteiger partial charge on any atom is 0.126 e. The van der Waals surface area contributed by atoms with Crippen molar-refractivity contribution in [3.63, 3.8) is 0 Å². The van der Waals surface area contributed by atoms with Gasteiger partial charge in [-0.3, -0.25) is 0 Å². The van der Waals surface area contributed by atoms with Gasteiger partial charge in [0.25, 0.3) is 0 Å². The summed E-state index contributed by atoms with van der Waals surface area (Å²) in [6.45, 7) is 2.25. The summed E-state index contributed by atoms with van der Waals surface area (Å²) < 4.78 is 14.8. The van der Waals surface area contributed by atoms with Crippen molar-refractivity contribution in [2.24, 2.45) is 11.7 Å². The van der Waals surface area contributed by atoms with Gasteiger partial charge < -0.3 is 5.73 Å². The lowest BCUT2D eigenvalue weighted by Gasteiger charge is -2.28. The Kier molecular flexibility index (Phi) is 5.62. The highest BCUT2D eigenvalue weighted by Crippen LogP contribution is 2.34. The van der Waals surface area contributed by atoms with Gasteiger partial charge in [0.1, 0.15) is 5.82 Å². The molecule has 2 N–H and O–H groups in total. The lowest BCUT2D eigenvalue weighted by molar-refractivity contribution is 0.351. The van der Waals surface area contributed by atoms with E-state index >= 15 is 0 Å². The number of halogens is 2. The molecule has 0 aliphatic heterocycles. The average molecular weight is 342 g/mol. The lowest BCUT2D eigenvalue weighted by atomic mass is 9.84. The van der Waals surface area contributed by atoms with Crippen LogP contribution in [0.1, 0.15) is 57.4 Å². The molecule has 20 heavy (non-hydrogen) atoms. The van der Waals surface area contributed by atoms with Gasteiger partial charge >= 0.3 is 0 Å². The van der Waals surface area contributed by atoms with Gasteiger partial charge in [0, 0.05) is 10.0 Å². The topological polar surface area (TPSA) is 26.0 Å². The molecule has 0 spiro atoms. The summed E-state index contributed by atoms with van der Waals surface area (Å²) in [6.07, 6.45) is 8.90. The van der Waals surface area contributed by atoms with Crippen molar-refractivity contribution in [1.82, 2.24) is 0 Å². The van der Waals surface area contributed by atoms with Gasteiger partial charge in [-0.2, -0.15) is 0 Å². The molecule has 0 bridgehead atoms. The summed E-state index contributed by atoms with van der Waals surface area (Å²) in [5.74, 6) is 0.685. The monoisotopic (exact) mass is 341 g/mol. The number of hydrogen-bond acceptors (Lipinski definition) is 1. The first-order valence-corrected chi connectivity index (χ1v) is 8.54. The van der Waals surface area contributed by atoms with Gasteiger partial charge in [0.15, 0.2) is 0 Å². The van der Waals surface area contributed by atoms with Crippen LogP contribution in [0.2, 0.25) is 0 Å². The second kappa shape index (κ2) is 7.04. The molecule has 2 rings (SSSR count). The van der Waals surface area contributed by atoms with Crippen LogP contribution in [0.5, 0.6) is 0 Å². The average Bonchev–Trinajstić information content (AvgIpc) is 2.57. The summed E-state index contributed by atoms with van der Waals surface area (Å²) in [4.78, 5) is 0. The van der Waals surface area contributed by atoms with E-state index < -0.39 is 0 Å². The maximum absolute atomic E-state index is 13.9. The minimum Gasteiger partial charge on any atom is -0.325 e. The zero-order valence-electron chi connectivity index (χ0n) is 12.3. The van der Waals surface area contributed by atoms with Gasteiger partial charge in [-0.1, -0.05) is 48.5 Å². The normalized spacial score (nSPS) is 27.3. The molecule has 0 radical (unpaired) electrons. The van der Waals surface area contributed by atoms with Crippen molar-refractivity contribution in [2.75, 3.05) is 0 Å². The van der Waals surface area contributed by atoms with E-state index in [2.05, 4.69) is 22.9 Å². The lowest BCUT2D eigenvalue weighted by Crippen LogP contribution is -2.41. The number of rotatable bonds is 4. The third-order valence-corrected chi connectivity index (χ3v) is 5.08. The van der Waals surface area contributed by atoms with Crippen LogP contribution in [0, 0.1) is 11.7 Å². The molecule has 1 aromatic rings. The summed E-state index contributed by atoms with van der Waals surface area (Å²) in [6, 6.07) is 5.14. The predicted molar refractivity (Wildman–Crippen MR) is 86.2 cm³/mol. The predicted octanol–water partition coefficient (Wildman–Crippen LogP) is 5.21. The van der Waals surface area contributed by atoms with E-state index in [1.54, 1.807) is 6.07 Å². The Hall–Kier alpha value is -0.410. The molecule has 1 nitrogen and oxygen atoms in total. The van der Waals surface area contributed by atoms with E-state index in [9.17, 15) is 4.39 Å². The fourth-order valence-electron chi connectivity index (χ4n) is 3.44. The standard InChI is InChI=1S/C17H25BrFN/c1-2-4-13-5-3-9-17(20,10-8-13)12-14-11-15(18)6-7-16(14)19/h6-7,11,13H,2-5,8-10,12,20H2,1H3. The van der Waals surface area contributed by atoms with Crippen LogP contribution >= 0.6 is 15.9 Å². The van der Waals surface area contributed by atoms with E-state index in [0.29, 0.717) is 6.42 Å². The van der Waals surface area contributed by atoms with Crippen molar-refractivity contribution < 1.29 is 4.39 Å². The maximum atomic E-state index is 13.9. The molecule has 1 aromatic carbocycles. The molecular formula is C17H25BrFN. The Morgan fingerprint density at radius 1 is 1.35 bits per heavy atom. The Balaban J connectivity index is 2.05. The first-order chi connectivity index (χ1) is 9.52. The second-order valence-electron chi connectivity index (χ2n) is 6.36. The molecule has 1 fully saturated rings. The van der Waals surface area contributed by atoms with Crippen LogP contribution in [0.4, 0.5) is 4.39 Å². The SMILES string of the molecule is CCCC1CCCC(N)(Cc2cc(Br)ccc2F)CC1. The molecule has 2 unspecified atom stereocenters. The van der Waals surface area contributed by atoms with Gasteiger partial charge in [-0.05, 0) is 55.4 Å². The molecule has 0 heterocycles. The number of nitrogens with two attached hydrogens (primary N) is 1. The summed E-state index contributed by atoms with van der Waals surface area (Å²) in [7, 11) is 0. The third-order valence-electron chi connectivity index (χ3n) is 4.58. The smallest absolute Gasteiger partial charge is 0.126 e. The van der Waals surface area contributed by atoms with Crippen molar-refractivity contribution in [3.8, 4) is 0 Å². The highest BCUT2D eigenvalue weighted by molar-refractivity contribution is 9.10. The van der Waals surface area contributed by atoms with E-state index in [0.717, 1.165) is 28.8 Å². The minimum atomic E-state index is -0.232. The quantitative estimate of drug-likeness (QED) is 0.747. The van der Waals surface area contributed by atoms with Crippen LogP contribution in [0.25, 0.3) is 0 Å². The molecule has 1 saturated carbocycles. The van der Waals surface area contributed by atoms with E-state index in [-0.39, 0.29) is 11.4 Å². The van der Waals surface area contributed by atoms with Gasteiger partial charge in [-0.25, -0.2) is 4.39 Å². The molecule has 0 saturated heterocycles. The minimum absolute atomic E-state index is 0.132. The van der Waals surface area contributed by atoms with Crippen molar-refractivity contribution in [3.05, 3.63) is 34.1 Å². The van der Waals surface area contributed by atoms with Gasteiger partial charge in [0.05, 0.1) is 0 Å². The highest BCUT2D eigenvalue weighted by Gasteiger charge is 2.30. The molecule has 1 aliphatic rings. The first-order valence-electron chi connectivity index (χ1n) is 7.75. The Morgan fingerprint density at radius 3 is 2.90 bits per heavy atom. The number of hydrogen-bond donors (Lipinski definition) is 1. The van der Waals surface area contributed by atoms with Gasteiger partial charge in [0.2, 0.25) is 0 Å². The van der Waals surface area contributed by atoms with Crippen LogP contribution < -0.4 is 5.73 Å². The Morgan fingerprint density at radius 2 is 2.15 bits per heavy atom. The van der Waals surface area contributed by atoms with Crippen molar-refractivity contribution >= 4 is 15.9 Å². The highest BCUT2D eigenvalue weighted by atomic mass is 79.9. The molecule has 0 aromatic heterocycles. The molecule has 1 aliphatic carbocycles. The molecule has 112 valence electrons. The molecular weight excluding hydrogens is 317 g/mol. The second-order valence-corrected chi connectivity index (χ2v) is 7.28. The zero-order chi connectivity index (χ0) is 14.6.